The van der Waals surface area contributed by atoms with Crippen LogP contribution in [0.3, 0.4) is 0 Å². The first-order valence-corrected chi connectivity index (χ1v) is 19.5. The molecule has 8 bridgehead atoms. The molecule has 6 heterocycles. The first-order chi connectivity index (χ1) is 27.8. The number of carbonyl (C=O) groups excluding carboxylic acids is 3. The summed E-state index contributed by atoms with van der Waals surface area (Å²) in [5.74, 6) is -1.42. The number of aryl methyl sites for hydroxylation is 3. The molecule has 0 saturated heterocycles. The van der Waals surface area contributed by atoms with Crippen LogP contribution in [0.4, 0.5) is 0 Å². The zero-order valence-electron chi connectivity index (χ0n) is 34.2. The van der Waals surface area contributed by atoms with Crippen molar-refractivity contribution >= 4 is 74.0 Å². The van der Waals surface area contributed by atoms with Gasteiger partial charge in [-0.25, -0.2) is 9.97 Å². The molecule has 0 unspecified atom stereocenters. The first kappa shape index (κ1) is 44.6. The third-order valence-electron chi connectivity index (χ3n) is 10.9. The summed E-state index contributed by atoms with van der Waals surface area (Å²) in [6.45, 7) is 19.2. The van der Waals surface area contributed by atoms with Crippen LogP contribution < -0.4 is 9.97 Å². The summed E-state index contributed by atoms with van der Waals surface area (Å²) < 4.78 is 11.2. The SMILES string of the molecule is C=CC1=C(C)c2cc3[n-]c(cc4nc(cc5[n-]c(cc1n2)c(C)c5C=C)C(C)=C4CCC(=O)O)c(CCC(=O)CCCOCCOCCN1C(=O)C=C(C)C1=O)c3C.[Fe+2]. The van der Waals surface area contributed by atoms with Crippen LogP contribution in [0.15, 0.2) is 55.1 Å². The summed E-state index contributed by atoms with van der Waals surface area (Å²) in [4.78, 5) is 70.0. The second-order valence-electron chi connectivity index (χ2n) is 14.7. The van der Waals surface area contributed by atoms with Crippen LogP contribution >= 0.6 is 0 Å². The van der Waals surface area contributed by atoms with E-state index in [0.29, 0.717) is 73.5 Å². The number of ketones is 1. The minimum Gasteiger partial charge on any atom is -0.657 e. The molecule has 0 spiro atoms. The molecule has 0 atom stereocenters. The molecule has 13 heteroatoms. The molecule has 59 heavy (non-hydrogen) atoms. The molecule has 0 aliphatic carbocycles. The molecule has 3 aliphatic rings. The quantitative estimate of drug-likeness (QED) is 0.0773. The predicted molar refractivity (Wildman–Crippen MR) is 225 cm³/mol. The number of nitrogens with zero attached hydrogens (tertiary/aromatic N) is 5. The average Bonchev–Trinajstić information content (AvgIpc) is 3.91. The van der Waals surface area contributed by atoms with Crippen molar-refractivity contribution in [1.82, 2.24) is 24.8 Å². The monoisotopic (exact) mass is 839 g/mol. The van der Waals surface area contributed by atoms with Gasteiger partial charge in [0, 0.05) is 43.1 Å². The summed E-state index contributed by atoms with van der Waals surface area (Å²) in [5, 5.41) is 9.62. The van der Waals surface area contributed by atoms with Gasteiger partial charge in [-0.1, -0.05) is 66.3 Å². The summed E-state index contributed by atoms with van der Waals surface area (Å²) >= 11 is 0. The number of hydrogen-bond acceptors (Lipinski definition) is 8. The fourth-order valence-corrected chi connectivity index (χ4v) is 7.47. The molecule has 0 fully saturated rings. The Morgan fingerprint density at radius 2 is 1.37 bits per heavy atom. The van der Waals surface area contributed by atoms with Crippen molar-refractivity contribution in [2.75, 3.05) is 33.0 Å². The molecular formula is C46H49FeN5O7. The number of ether oxygens (including phenoxy) is 2. The Kier molecular flexibility index (Phi) is 14.8. The summed E-state index contributed by atoms with van der Waals surface area (Å²) in [6, 6.07) is 7.77. The summed E-state index contributed by atoms with van der Waals surface area (Å²) in [7, 11) is 0. The zero-order valence-corrected chi connectivity index (χ0v) is 35.3. The van der Waals surface area contributed by atoms with E-state index in [4.69, 9.17) is 29.4 Å². The Labute approximate surface area is 354 Å². The van der Waals surface area contributed by atoms with Gasteiger partial charge in [0.1, 0.15) is 5.78 Å². The number of rotatable bonds is 18. The molecule has 0 aromatic carbocycles. The Morgan fingerprint density at radius 1 is 0.746 bits per heavy atom. The van der Waals surface area contributed by atoms with Crippen LogP contribution in [0.1, 0.15) is 97.9 Å². The van der Waals surface area contributed by atoms with E-state index in [9.17, 15) is 24.3 Å². The van der Waals surface area contributed by atoms with Crippen LogP contribution in [0.5, 0.6) is 0 Å². The van der Waals surface area contributed by atoms with Gasteiger partial charge in [0.05, 0.1) is 49.1 Å². The van der Waals surface area contributed by atoms with E-state index in [1.807, 2.05) is 52.0 Å². The maximum Gasteiger partial charge on any atom is 2.00 e. The van der Waals surface area contributed by atoms with Gasteiger partial charge in [-0.2, -0.15) is 0 Å². The van der Waals surface area contributed by atoms with Crippen molar-refractivity contribution in [3.8, 4) is 0 Å². The standard InChI is InChI=1S/C46H51N5O7.Fe/c1-8-32-27(4)36-22-37-29(6)34(13-12-31(52)11-10-17-57-19-20-58-18-16-51-44(53)21-26(3)46(51)56)42(49-37)25-43-35(14-15-45(54)55)30(7)39(50-43)24-41-33(9-2)28(5)38(48-41)23-40(32)47-36;/h8-9,21-25H,1-2,10-20H2,3-7H3,(H3,47,48,49,50,53,54,55,56);/q;+2/p-2. The van der Waals surface area contributed by atoms with Crippen LogP contribution in [0.25, 0.3) is 50.4 Å². The molecule has 3 aliphatic heterocycles. The third-order valence-corrected chi connectivity index (χ3v) is 10.9. The van der Waals surface area contributed by atoms with Gasteiger partial charge in [-0.3, -0.25) is 24.1 Å². The number of carbonyl (C=O) groups is 4. The predicted octanol–water partition coefficient (Wildman–Crippen LogP) is 7.37. The van der Waals surface area contributed by atoms with Crippen LogP contribution in [-0.4, -0.2) is 76.5 Å². The van der Waals surface area contributed by atoms with Gasteiger partial charge < -0.3 is 24.5 Å². The van der Waals surface area contributed by atoms with Crippen LogP contribution in [0.2, 0.25) is 0 Å². The van der Waals surface area contributed by atoms with E-state index in [2.05, 4.69) is 13.2 Å². The average molecular weight is 840 g/mol. The van der Waals surface area contributed by atoms with Gasteiger partial charge in [-0.15, -0.1) is 22.1 Å². The topological polar surface area (TPSA) is 164 Å². The summed E-state index contributed by atoms with van der Waals surface area (Å²) in [5.41, 5.74) is 13.4. The molecule has 308 valence electrons. The van der Waals surface area contributed by atoms with Crippen molar-refractivity contribution < 1.29 is 50.8 Å². The summed E-state index contributed by atoms with van der Waals surface area (Å²) in [6.07, 6.45) is 6.82. The number of carboxylic acid groups (broad SMARTS) is 1. The molecule has 3 aromatic heterocycles. The van der Waals surface area contributed by atoms with Gasteiger partial charge in [0.25, 0.3) is 11.8 Å². The minimum absolute atomic E-state index is 0. The van der Waals surface area contributed by atoms with Crippen molar-refractivity contribution in [2.45, 2.75) is 73.1 Å². The van der Waals surface area contributed by atoms with Gasteiger partial charge >= 0.3 is 23.0 Å². The van der Waals surface area contributed by atoms with Crippen molar-refractivity contribution in [3.63, 3.8) is 0 Å². The number of fused-ring (bicyclic) bond motifs is 8. The minimum atomic E-state index is -0.899. The van der Waals surface area contributed by atoms with Crippen molar-refractivity contribution in [1.29, 1.82) is 0 Å². The zero-order chi connectivity index (χ0) is 41.7. The number of amides is 2. The first-order valence-electron chi connectivity index (χ1n) is 19.5. The maximum atomic E-state index is 13.2. The molecule has 2 amide bonds. The molecular weight excluding hydrogens is 790 g/mol. The molecule has 3 aromatic rings. The van der Waals surface area contributed by atoms with E-state index in [1.54, 1.807) is 19.1 Å². The molecule has 12 nitrogen and oxygen atoms in total. The van der Waals surface area contributed by atoms with Crippen molar-refractivity contribution in [3.05, 3.63) is 100 Å². The number of imide groups is 1. The number of aromatic nitrogens is 4. The molecule has 1 N–H and O–H groups in total. The van der Waals surface area contributed by atoms with Gasteiger partial charge in [0.15, 0.2) is 0 Å². The van der Waals surface area contributed by atoms with Crippen molar-refractivity contribution in [2.24, 2.45) is 0 Å². The van der Waals surface area contributed by atoms with E-state index >= 15 is 0 Å². The van der Waals surface area contributed by atoms with Crippen LogP contribution in [-0.2, 0) is 52.1 Å². The molecule has 0 saturated carbocycles. The Hall–Kier alpha value is -5.46. The number of hydrogen-bond donors (Lipinski definition) is 1. The number of carboxylic acids is 1. The molecule has 6 rings (SSSR count). The Morgan fingerprint density at radius 3 is 2.05 bits per heavy atom. The normalized spacial score (nSPS) is 13.9. The van der Waals surface area contributed by atoms with E-state index < -0.39 is 5.97 Å². The van der Waals surface area contributed by atoms with Gasteiger partial charge in [-0.05, 0) is 76.2 Å². The number of allylic oxidation sites excluding steroid dienone is 5. The third kappa shape index (κ3) is 9.88. The number of aliphatic carboxylic acids is 1. The second-order valence-corrected chi connectivity index (χ2v) is 14.7. The van der Waals surface area contributed by atoms with Gasteiger partial charge in [0.2, 0.25) is 0 Å². The van der Waals surface area contributed by atoms with E-state index in [0.717, 1.165) is 71.9 Å². The largest absolute Gasteiger partial charge is 2.00 e. The fourth-order valence-electron chi connectivity index (χ4n) is 7.47. The van der Waals surface area contributed by atoms with Crippen LogP contribution in [0, 0.1) is 13.8 Å². The second kappa shape index (κ2) is 19.5. The fraction of sp³-hybridized carbons (Fsp3) is 0.348. The number of Topliss-reactive ketones (excluding diaryl/α,β-unsaturated/α-hetero) is 1. The molecule has 0 radical (unpaired) electrons. The Balaban J connectivity index is 0.00000661. The van der Waals surface area contributed by atoms with E-state index in [1.165, 1.54) is 6.08 Å². The smallest absolute Gasteiger partial charge is 0.657 e. The maximum absolute atomic E-state index is 13.2. The van der Waals surface area contributed by atoms with E-state index in [-0.39, 0.29) is 60.7 Å². The Bertz CT molecular complexity index is 2480.